The number of nitrogens with zero attached hydrogens (tertiary/aromatic N) is 1. The first-order valence-electron chi connectivity index (χ1n) is 5.11. The van der Waals surface area contributed by atoms with E-state index in [4.69, 9.17) is 17.3 Å². The Balaban J connectivity index is 2.24. The molecule has 4 nitrogen and oxygen atoms in total. The number of amides is 1. The molecule has 1 unspecified atom stereocenters. The number of anilines is 1. The van der Waals surface area contributed by atoms with Crippen LogP contribution in [0.1, 0.15) is 16.8 Å². The van der Waals surface area contributed by atoms with Crippen LogP contribution in [0.3, 0.4) is 0 Å². The lowest BCUT2D eigenvalue weighted by molar-refractivity contribution is 0.0766. The third-order valence-corrected chi connectivity index (χ3v) is 3.06. The number of hydrogen-bond donors (Lipinski definition) is 2. The highest BCUT2D eigenvalue weighted by Crippen LogP contribution is 2.24. The van der Waals surface area contributed by atoms with E-state index in [-0.39, 0.29) is 5.91 Å². The Morgan fingerprint density at radius 3 is 2.94 bits per heavy atom. The molecule has 1 heterocycles. The topological polar surface area (TPSA) is 66.6 Å². The highest BCUT2D eigenvalue weighted by atomic mass is 35.5. The van der Waals surface area contributed by atoms with Crippen molar-refractivity contribution >= 4 is 23.2 Å². The number of aliphatic hydroxyl groups excluding tert-OH is 1. The van der Waals surface area contributed by atoms with Gasteiger partial charge in [-0.25, -0.2) is 0 Å². The molecule has 0 bridgehead atoms. The van der Waals surface area contributed by atoms with Crippen LogP contribution in [0.2, 0.25) is 5.02 Å². The monoisotopic (exact) mass is 240 g/mol. The zero-order valence-corrected chi connectivity index (χ0v) is 9.44. The Bertz CT molecular complexity index is 422. The Morgan fingerprint density at radius 1 is 1.56 bits per heavy atom. The molecule has 86 valence electrons. The Morgan fingerprint density at radius 2 is 2.31 bits per heavy atom. The number of benzene rings is 1. The van der Waals surface area contributed by atoms with Gasteiger partial charge < -0.3 is 15.7 Å². The number of aliphatic hydroxyl groups is 1. The molecule has 0 saturated carbocycles. The lowest BCUT2D eigenvalue weighted by Gasteiger charge is -2.16. The Hall–Kier alpha value is -1.26. The molecular formula is C11H13ClN2O2. The third kappa shape index (κ3) is 1.99. The number of nitrogens with two attached hydrogens (primary N) is 1. The maximum Gasteiger partial charge on any atom is 0.256 e. The van der Waals surface area contributed by atoms with Crippen LogP contribution in [0.4, 0.5) is 5.69 Å². The van der Waals surface area contributed by atoms with Gasteiger partial charge in [0, 0.05) is 13.1 Å². The van der Waals surface area contributed by atoms with Crippen molar-refractivity contribution in [1.82, 2.24) is 4.90 Å². The number of carbonyl (C=O) groups is 1. The van der Waals surface area contributed by atoms with Crippen LogP contribution in [0, 0.1) is 0 Å². The fraction of sp³-hybridized carbons (Fsp3) is 0.364. The number of halogens is 1. The van der Waals surface area contributed by atoms with Gasteiger partial charge in [-0.15, -0.1) is 0 Å². The normalized spacial score (nSPS) is 20.1. The van der Waals surface area contributed by atoms with E-state index in [1.807, 2.05) is 0 Å². The van der Waals surface area contributed by atoms with E-state index in [1.54, 1.807) is 23.1 Å². The summed E-state index contributed by atoms with van der Waals surface area (Å²) in [6.07, 6.45) is 0.191. The summed E-state index contributed by atoms with van der Waals surface area (Å²) in [7, 11) is 0. The Labute approximate surface area is 98.6 Å². The summed E-state index contributed by atoms with van der Waals surface area (Å²) in [5.74, 6) is -0.170. The quantitative estimate of drug-likeness (QED) is 0.724. The molecule has 1 aromatic carbocycles. The third-order valence-electron chi connectivity index (χ3n) is 2.73. The van der Waals surface area contributed by atoms with Gasteiger partial charge in [0.25, 0.3) is 5.91 Å². The molecule has 1 atom stereocenters. The smallest absolute Gasteiger partial charge is 0.256 e. The van der Waals surface area contributed by atoms with Gasteiger partial charge in [-0.3, -0.25) is 4.79 Å². The maximum atomic E-state index is 12.0. The molecule has 2 rings (SSSR count). The number of para-hydroxylation sites is 1. The number of rotatable bonds is 1. The lowest BCUT2D eigenvalue weighted by Crippen LogP contribution is -2.30. The summed E-state index contributed by atoms with van der Waals surface area (Å²) in [6, 6.07) is 4.99. The highest BCUT2D eigenvalue weighted by Gasteiger charge is 2.26. The number of hydrogen-bond acceptors (Lipinski definition) is 3. The first kappa shape index (κ1) is 11.2. The average molecular weight is 241 g/mol. The second-order valence-electron chi connectivity index (χ2n) is 3.89. The van der Waals surface area contributed by atoms with Crippen molar-refractivity contribution in [3.63, 3.8) is 0 Å². The van der Waals surface area contributed by atoms with E-state index < -0.39 is 6.10 Å². The van der Waals surface area contributed by atoms with Gasteiger partial charge in [0.15, 0.2) is 0 Å². The molecular weight excluding hydrogens is 228 g/mol. The summed E-state index contributed by atoms with van der Waals surface area (Å²) in [6.45, 7) is 0.927. The molecule has 1 fully saturated rings. The lowest BCUT2D eigenvalue weighted by atomic mass is 10.1. The van der Waals surface area contributed by atoms with Crippen molar-refractivity contribution in [3.05, 3.63) is 28.8 Å². The van der Waals surface area contributed by atoms with Crippen LogP contribution in [0.25, 0.3) is 0 Å². The van der Waals surface area contributed by atoms with Crippen LogP contribution < -0.4 is 5.73 Å². The van der Waals surface area contributed by atoms with Crippen molar-refractivity contribution in [2.24, 2.45) is 0 Å². The number of carbonyl (C=O) groups excluding carboxylic acids is 1. The minimum atomic E-state index is -0.427. The van der Waals surface area contributed by atoms with Crippen LogP contribution in [-0.4, -0.2) is 35.1 Å². The Kier molecular flexibility index (Phi) is 3.03. The first-order valence-corrected chi connectivity index (χ1v) is 5.48. The van der Waals surface area contributed by atoms with Crippen molar-refractivity contribution in [2.45, 2.75) is 12.5 Å². The fourth-order valence-corrected chi connectivity index (χ4v) is 1.99. The summed E-state index contributed by atoms with van der Waals surface area (Å²) in [5.41, 5.74) is 6.45. The van der Waals surface area contributed by atoms with Gasteiger partial charge in [0.05, 0.1) is 22.4 Å². The zero-order valence-electron chi connectivity index (χ0n) is 8.69. The predicted molar refractivity (Wildman–Crippen MR) is 62.4 cm³/mol. The standard InChI is InChI=1S/C11H13ClN2O2/c12-9-3-1-2-8(10(9)13)11(16)14-5-4-7(15)6-14/h1-3,7,15H,4-6,13H2. The van der Waals surface area contributed by atoms with E-state index in [0.29, 0.717) is 35.8 Å². The molecule has 0 aliphatic carbocycles. The predicted octanol–water partition coefficient (Wildman–Crippen LogP) is 1.13. The summed E-state index contributed by atoms with van der Waals surface area (Å²) < 4.78 is 0. The molecule has 0 spiro atoms. The van der Waals surface area contributed by atoms with Crippen LogP contribution in [0.15, 0.2) is 18.2 Å². The molecule has 1 amide bonds. The van der Waals surface area contributed by atoms with Crippen molar-refractivity contribution in [3.8, 4) is 0 Å². The molecule has 5 heteroatoms. The van der Waals surface area contributed by atoms with Crippen LogP contribution in [0.5, 0.6) is 0 Å². The van der Waals surface area contributed by atoms with Gasteiger partial charge in [-0.2, -0.15) is 0 Å². The number of nitrogen functional groups attached to an aromatic ring is 1. The fourth-order valence-electron chi connectivity index (χ4n) is 1.82. The molecule has 0 aromatic heterocycles. The van der Waals surface area contributed by atoms with Crippen molar-refractivity contribution in [1.29, 1.82) is 0 Å². The van der Waals surface area contributed by atoms with E-state index >= 15 is 0 Å². The van der Waals surface area contributed by atoms with Gasteiger partial charge in [-0.1, -0.05) is 17.7 Å². The van der Waals surface area contributed by atoms with E-state index in [0.717, 1.165) is 0 Å². The minimum Gasteiger partial charge on any atom is -0.397 e. The van der Waals surface area contributed by atoms with Gasteiger partial charge in [-0.05, 0) is 18.6 Å². The van der Waals surface area contributed by atoms with E-state index in [1.165, 1.54) is 0 Å². The molecule has 1 aliphatic rings. The second-order valence-corrected chi connectivity index (χ2v) is 4.30. The SMILES string of the molecule is Nc1c(Cl)cccc1C(=O)N1CCC(O)C1. The molecule has 3 N–H and O–H groups in total. The van der Waals surface area contributed by atoms with Gasteiger partial charge in [0.1, 0.15) is 0 Å². The first-order chi connectivity index (χ1) is 7.59. The molecule has 1 aliphatic heterocycles. The number of likely N-dealkylation sites (tertiary alicyclic amines) is 1. The van der Waals surface area contributed by atoms with Crippen LogP contribution >= 0.6 is 11.6 Å². The minimum absolute atomic E-state index is 0.170. The maximum absolute atomic E-state index is 12.0. The summed E-state index contributed by atoms with van der Waals surface area (Å²) in [5, 5.41) is 9.75. The number of β-amino-alcohol motifs (C(OH)–C–C–N with tert-alkyl or cyclic N) is 1. The summed E-state index contributed by atoms with van der Waals surface area (Å²) >= 11 is 5.85. The molecule has 16 heavy (non-hydrogen) atoms. The average Bonchev–Trinajstić information content (AvgIpc) is 2.68. The van der Waals surface area contributed by atoms with Gasteiger partial charge in [0.2, 0.25) is 0 Å². The zero-order chi connectivity index (χ0) is 11.7. The van der Waals surface area contributed by atoms with Crippen LogP contribution in [-0.2, 0) is 0 Å². The van der Waals surface area contributed by atoms with Gasteiger partial charge >= 0.3 is 0 Å². The van der Waals surface area contributed by atoms with E-state index in [9.17, 15) is 9.90 Å². The van der Waals surface area contributed by atoms with Crippen molar-refractivity contribution in [2.75, 3.05) is 18.8 Å². The van der Waals surface area contributed by atoms with E-state index in [2.05, 4.69) is 0 Å². The molecule has 1 aromatic rings. The van der Waals surface area contributed by atoms with Crippen molar-refractivity contribution < 1.29 is 9.90 Å². The highest BCUT2D eigenvalue weighted by molar-refractivity contribution is 6.33. The molecule has 1 saturated heterocycles. The second kappa shape index (κ2) is 4.31. The molecule has 0 radical (unpaired) electrons. The largest absolute Gasteiger partial charge is 0.397 e. The summed E-state index contributed by atoms with van der Waals surface area (Å²) in [4.78, 5) is 13.6.